The molecule has 0 spiro atoms. The first-order valence-corrected chi connectivity index (χ1v) is 10.8. The van der Waals surface area contributed by atoms with Crippen LogP contribution in [0.15, 0.2) is 42.5 Å². The molecule has 0 unspecified atom stereocenters. The van der Waals surface area contributed by atoms with Crippen molar-refractivity contribution in [1.29, 1.82) is 0 Å². The lowest BCUT2D eigenvalue weighted by atomic mass is 10.1. The predicted octanol–water partition coefficient (Wildman–Crippen LogP) is 4.80. The van der Waals surface area contributed by atoms with Crippen molar-refractivity contribution in [2.75, 3.05) is 31.1 Å². The number of fused-ring (bicyclic) bond motifs is 1. The van der Waals surface area contributed by atoms with E-state index in [2.05, 4.69) is 79.6 Å². The molecule has 1 amide bonds. The van der Waals surface area contributed by atoms with E-state index in [0.717, 1.165) is 50.4 Å². The minimum Gasteiger partial charge on any atom is -0.368 e. The molecule has 1 aliphatic heterocycles. The number of amides is 1. The van der Waals surface area contributed by atoms with Crippen LogP contribution in [0.4, 0.5) is 5.69 Å². The van der Waals surface area contributed by atoms with Crippen LogP contribution in [0.5, 0.6) is 0 Å². The summed E-state index contributed by atoms with van der Waals surface area (Å²) >= 11 is 0. The van der Waals surface area contributed by atoms with Crippen LogP contribution in [0.2, 0.25) is 0 Å². The predicted molar refractivity (Wildman–Crippen MR) is 121 cm³/mol. The zero-order valence-electron chi connectivity index (χ0n) is 18.0. The minimum absolute atomic E-state index is 0.169. The van der Waals surface area contributed by atoms with E-state index in [1.165, 1.54) is 27.7 Å². The van der Waals surface area contributed by atoms with E-state index in [1.807, 2.05) is 4.90 Å². The van der Waals surface area contributed by atoms with Gasteiger partial charge in [-0.05, 0) is 68.1 Å². The molecular weight excluding hydrogens is 358 g/mol. The van der Waals surface area contributed by atoms with E-state index in [-0.39, 0.29) is 5.91 Å². The number of carbonyl (C=O) groups is 1. The highest BCUT2D eigenvalue weighted by Crippen LogP contribution is 2.28. The van der Waals surface area contributed by atoms with Crippen LogP contribution >= 0.6 is 0 Å². The van der Waals surface area contributed by atoms with Gasteiger partial charge in [-0.25, -0.2) is 0 Å². The van der Waals surface area contributed by atoms with Gasteiger partial charge in [0, 0.05) is 49.3 Å². The molecule has 0 radical (unpaired) electrons. The number of hydrogen-bond acceptors (Lipinski definition) is 2. The van der Waals surface area contributed by atoms with E-state index in [1.54, 1.807) is 0 Å². The number of aryl methyl sites for hydroxylation is 4. The van der Waals surface area contributed by atoms with Crippen molar-refractivity contribution in [1.82, 2.24) is 9.47 Å². The van der Waals surface area contributed by atoms with Gasteiger partial charge in [0.15, 0.2) is 0 Å². The van der Waals surface area contributed by atoms with Crippen LogP contribution in [0.25, 0.3) is 10.9 Å². The Hall–Kier alpha value is -2.75. The van der Waals surface area contributed by atoms with Crippen LogP contribution < -0.4 is 4.90 Å². The van der Waals surface area contributed by atoms with Gasteiger partial charge in [-0.3, -0.25) is 4.79 Å². The lowest BCUT2D eigenvalue weighted by Gasteiger charge is -2.36. The summed E-state index contributed by atoms with van der Waals surface area (Å²) in [5.74, 6) is 0.169. The van der Waals surface area contributed by atoms with Crippen molar-refractivity contribution in [2.24, 2.45) is 0 Å². The number of hydrogen-bond donors (Lipinski definition) is 0. The molecule has 1 fully saturated rings. The second-order valence-corrected chi connectivity index (χ2v) is 8.04. The Labute approximate surface area is 173 Å². The fourth-order valence-electron chi connectivity index (χ4n) is 4.54. The minimum atomic E-state index is 0.169. The zero-order valence-corrected chi connectivity index (χ0v) is 18.0. The number of anilines is 1. The summed E-state index contributed by atoms with van der Waals surface area (Å²) in [7, 11) is 0. The number of piperazine rings is 1. The zero-order chi connectivity index (χ0) is 20.5. The Balaban J connectivity index is 1.59. The van der Waals surface area contributed by atoms with Crippen LogP contribution in [0.3, 0.4) is 0 Å². The normalized spacial score (nSPS) is 14.6. The van der Waals surface area contributed by atoms with Gasteiger partial charge in [-0.15, -0.1) is 0 Å². The molecule has 2 aromatic carbocycles. The summed E-state index contributed by atoms with van der Waals surface area (Å²) in [4.78, 5) is 17.9. The van der Waals surface area contributed by atoms with Crippen molar-refractivity contribution in [3.8, 4) is 0 Å². The second kappa shape index (κ2) is 7.94. The fourth-order valence-corrected chi connectivity index (χ4v) is 4.54. The Bertz CT molecular complexity index is 1040. The molecule has 4 rings (SSSR count). The number of rotatable bonds is 4. The molecule has 1 aliphatic rings. The Kier molecular flexibility index (Phi) is 5.35. The van der Waals surface area contributed by atoms with E-state index in [4.69, 9.17) is 0 Å². The largest absolute Gasteiger partial charge is 0.368 e. The second-order valence-electron chi connectivity index (χ2n) is 8.04. The first-order valence-electron chi connectivity index (χ1n) is 10.8. The molecule has 152 valence electrons. The van der Waals surface area contributed by atoms with Crippen LogP contribution in [-0.2, 0) is 13.0 Å². The summed E-state index contributed by atoms with van der Waals surface area (Å²) in [5, 5.41) is 1.22. The van der Waals surface area contributed by atoms with Crippen LogP contribution in [-0.4, -0.2) is 41.6 Å². The average molecular weight is 390 g/mol. The molecule has 2 heterocycles. The highest BCUT2D eigenvalue weighted by Gasteiger charge is 2.27. The summed E-state index contributed by atoms with van der Waals surface area (Å²) in [5.41, 5.74) is 6.99. The van der Waals surface area contributed by atoms with E-state index < -0.39 is 0 Å². The molecule has 1 aromatic heterocycles. The molecule has 1 saturated heterocycles. The summed E-state index contributed by atoms with van der Waals surface area (Å²) in [6.07, 6.45) is 1.01. The maximum Gasteiger partial charge on any atom is 0.270 e. The van der Waals surface area contributed by atoms with Gasteiger partial charge in [0.05, 0.1) is 0 Å². The first-order chi connectivity index (χ1) is 14.0. The van der Waals surface area contributed by atoms with Crippen molar-refractivity contribution in [2.45, 2.75) is 40.7 Å². The summed E-state index contributed by atoms with van der Waals surface area (Å²) < 4.78 is 2.19. The number of carbonyl (C=O) groups excluding carboxylic acids is 1. The molecule has 0 bridgehead atoms. The molecule has 3 aromatic rings. The monoisotopic (exact) mass is 389 g/mol. The van der Waals surface area contributed by atoms with Crippen molar-refractivity contribution < 1.29 is 4.79 Å². The third kappa shape index (κ3) is 3.52. The third-order valence-corrected chi connectivity index (χ3v) is 6.24. The van der Waals surface area contributed by atoms with Gasteiger partial charge in [0.1, 0.15) is 5.69 Å². The van der Waals surface area contributed by atoms with Crippen molar-refractivity contribution >= 4 is 22.5 Å². The maximum atomic E-state index is 13.5. The molecule has 4 heteroatoms. The molecule has 0 N–H and O–H groups in total. The lowest BCUT2D eigenvalue weighted by molar-refractivity contribution is 0.0735. The van der Waals surface area contributed by atoms with Gasteiger partial charge in [0.2, 0.25) is 0 Å². The smallest absolute Gasteiger partial charge is 0.270 e. The Morgan fingerprint density at radius 2 is 1.72 bits per heavy atom. The Morgan fingerprint density at radius 1 is 0.966 bits per heavy atom. The highest BCUT2D eigenvalue weighted by atomic mass is 16.2. The van der Waals surface area contributed by atoms with Crippen LogP contribution in [0, 0.1) is 13.8 Å². The molecule has 0 aliphatic carbocycles. The number of benzene rings is 2. The quantitative estimate of drug-likeness (QED) is 0.641. The SMILES string of the molecule is CCc1ccc2c(c1)c(C)c(C(=O)N1CCN(c3cccc(C)c3)CC1)n2CC. The summed E-state index contributed by atoms with van der Waals surface area (Å²) in [6, 6.07) is 15.2. The number of aromatic nitrogens is 1. The van der Waals surface area contributed by atoms with Gasteiger partial charge >= 0.3 is 0 Å². The number of nitrogens with zero attached hydrogens (tertiary/aromatic N) is 3. The average Bonchev–Trinajstić information content (AvgIpc) is 3.04. The Morgan fingerprint density at radius 3 is 2.38 bits per heavy atom. The van der Waals surface area contributed by atoms with Gasteiger partial charge < -0.3 is 14.4 Å². The van der Waals surface area contributed by atoms with Gasteiger partial charge in [0.25, 0.3) is 5.91 Å². The van der Waals surface area contributed by atoms with Gasteiger partial charge in [-0.2, -0.15) is 0 Å². The molecule has 0 saturated carbocycles. The lowest BCUT2D eigenvalue weighted by Crippen LogP contribution is -2.49. The van der Waals surface area contributed by atoms with Gasteiger partial charge in [-0.1, -0.05) is 25.1 Å². The van der Waals surface area contributed by atoms with Crippen molar-refractivity contribution in [3.63, 3.8) is 0 Å². The molecule has 0 atom stereocenters. The van der Waals surface area contributed by atoms with Crippen LogP contribution in [0.1, 0.15) is 41.0 Å². The standard InChI is InChI=1S/C25H31N3O/c1-5-20-10-11-23-22(17-20)19(4)24(28(23)6-2)25(29)27-14-12-26(13-15-27)21-9-7-8-18(3)16-21/h7-11,16-17H,5-6,12-15H2,1-4H3. The highest BCUT2D eigenvalue weighted by molar-refractivity contribution is 6.02. The van der Waals surface area contributed by atoms with E-state index >= 15 is 0 Å². The topological polar surface area (TPSA) is 28.5 Å². The molecular formula is C25H31N3O. The van der Waals surface area contributed by atoms with Crippen molar-refractivity contribution in [3.05, 3.63) is 64.8 Å². The summed E-state index contributed by atoms with van der Waals surface area (Å²) in [6.45, 7) is 12.6. The maximum absolute atomic E-state index is 13.5. The third-order valence-electron chi connectivity index (χ3n) is 6.24. The molecule has 4 nitrogen and oxygen atoms in total. The fraction of sp³-hybridized carbons (Fsp3) is 0.400. The first kappa shape index (κ1) is 19.6. The van der Waals surface area contributed by atoms with E-state index in [0.29, 0.717) is 0 Å². The molecule has 29 heavy (non-hydrogen) atoms. The van der Waals surface area contributed by atoms with E-state index in [9.17, 15) is 4.79 Å².